The summed E-state index contributed by atoms with van der Waals surface area (Å²) in [6, 6.07) is 3.25. The van der Waals surface area contributed by atoms with Gasteiger partial charge in [0.2, 0.25) is 5.96 Å². The number of amides is 1. The van der Waals surface area contributed by atoms with E-state index in [-0.39, 0.29) is 5.96 Å². The Morgan fingerprint density at radius 1 is 1.54 bits per heavy atom. The van der Waals surface area contributed by atoms with Crippen molar-refractivity contribution in [2.24, 2.45) is 16.6 Å². The molecular formula is C7H9N5O. The molecule has 0 saturated heterocycles. The predicted molar refractivity (Wildman–Crippen MR) is 47.5 cm³/mol. The fraction of sp³-hybridized carbons (Fsp3) is 0. The van der Waals surface area contributed by atoms with Gasteiger partial charge in [-0.2, -0.15) is 0 Å². The third-order valence-electron chi connectivity index (χ3n) is 1.21. The topological polar surface area (TPSA) is 106 Å². The molecule has 0 bridgehead atoms. The lowest BCUT2D eigenvalue weighted by Gasteiger charge is -1.97. The summed E-state index contributed by atoms with van der Waals surface area (Å²) < 4.78 is 0. The van der Waals surface area contributed by atoms with Gasteiger partial charge >= 0.3 is 0 Å². The van der Waals surface area contributed by atoms with E-state index in [1.165, 1.54) is 6.20 Å². The van der Waals surface area contributed by atoms with E-state index < -0.39 is 5.91 Å². The summed E-state index contributed by atoms with van der Waals surface area (Å²) in [5.41, 5.74) is 12.6. The molecule has 0 radical (unpaired) electrons. The molecule has 0 fully saturated rings. The number of hydrazone groups is 1. The standard InChI is InChI=1S/C7H9N5O/c8-7(9)12-11-6(13)5-2-1-3-10-4-5/h1-4H,(H,11,13)(H4,8,9,12). The van der Waals surface area contributed by atoms with Gasteiger partial charge in [-0.3, -0.25) is 9.78 Å². The Balaban J connectivity index is 2.65. The molecule has 0 atom stereocenters. The van der Waals surface area contributed by atoms with Gasteiger partial charge in [0.15, 0.2) is 0 Å². The second-order valence-corrected chi connectivity index (χ2v) is 2.22. The van der Waals surface area contributed by atoms with E-state index in [9.17, 15) is 4.79 Å². The van der Waals surface area contributed by atoms with Crippen LogP contribution in [0.25, 0.3) is 0 Å². The molecule has 0 spiro atoms. The number of nitrogens with zero attached hydrogens (tertiary/aromatic N) is 2. The van der Waals surface area contributed by atoms with E-state index in [0.717, 1.165) is 0 Å². The molecule has 0 aromatic carbocycles. The van der Waals surface area contributed by atoms with Crippen molar-refractivity contribution in [3.05, 3.63) is 30.1 Å². The molecule has 1 aromatic heterocycles. The summed E-state index contributed by atoms with van der Waals surface area (Å²) in [4.78, 5) is 14.9. The quantitative estimate of drug-likeness (QED) is 0.307. The van der Waals surface area contributed by atoms with E-state index in [0.29, 0.717) is 5.56 Å². The van der Waals surface area contributed by atoms with Gasteiger partial charge in [-0.15, -0.1) is 5.10 Å². The smallest absolute Gasteiger partial charge is 0.273 e. The normalized spacial score (nSPS) is 8.92. The van der Waals surface area contributed by atoms with Gasteiger partial charge in [0.05, 0.1) is 5.56 Å². The van der Waals surface area contributed by atoms with Crippen molar-refractivity contribution in [1.29, 1.82) is 0 Å². The Bertz CT molecular complexity index is 317. The number of nitrogens with one attached hydrogen (secondary N) is 1. The highest BCUT2D eigenvalue weighted by atomic mass is 16.2. The number of aromatic nitrogens is 1. The van der Waals surface area contributed by atoms with Gasteiger partial charge < -0.3 is 11.5 Å². The van der Waals surface area contributed by atoms with Crippen LogP contribution in [-0.2, 0) is 0 Å². The van der Waals surface area contributed by atoms with Gasteiger partial charge in [-0.25, -0.2) is 5.43 Å². The lowest BCUT2D eigenvalue weighted by Crippen LogP contribution is -2.29. The van der Waals surface area contributed by atoms with E-state index in [2.05, 4.69) is 15.5 Å². The number of carbonyl (C=O) groups is 1. The number of guanidine groups is 1. The van der Waals surface area contributed by atoms with Crippen LogP contribution in [0.2, 0.25) is 0 Å². The van der Waals surface area contributed by atoms with Crippen molar-refractivity contribution in [2.75, 3.05) is 0 Å². The van der Waals surface area contributed by atoms with Crippen LogP contribution in [0.3, 0.4) is 0 Å². The molecule has 0 aliphatic carbocycles. The fourth-order valence-corrected chi connectivity index (χ4v) is 0.677. The van der Waals surface area contributed by atoms with Crippen molar-refractivity contribution in [3.63, 3.8) is 0 Å². The summed E-state index contributed by atoms with van der Waals surface area (Å²) in [6.07, 6.45) is 2.98. The first-order chi connectivity index (χ1) is 6.20. The molecule has 1 heterocycles. The first kappa shape index (κ1) is 8.98. The van der Waals surface area contributed by atoms with Gasteiger partial charge in [0.1, 0.15) is 0 Å². The van der Waals surface area contributed by atoms with Crippen molar-refractivity contribution < 1.29 is 4.79 Å². The molecule has 0 aliphatic heterocycles. The van der Waals surface area contributed by atoms with Crippen LogP contribution in [0, 0.1) is 0 Å². The molecule has 1 rings (SSSR count). The Morgan fingerprint density at radius 3 is 2.85 bits per heavy atom. The average Bonchev–Trinajstić information content (AvgIpc) is 2.15. The average molecular weight is 179 g/mol. The van der Waals surface area contributed by atoms with Crippen LogP contribution in [0.4, 0.5) is 0 Å². The summed E-state index contributed by atoms with van der Waals surface area (Å²) in [6.45, 7) is 0. The van der Waals surface area contributed by atoms with E-state index >= 15 is 0 Å². The minimum atomic E-state index is -0.401. The van der Waals surface area contributed by atoms with Crippen LogP contribution in [-0.4, -0.2) is 16.9 Å². The van der Waals surface area contributed by atoms with Crippen LogP contribution in [0.15, 0.2) is 29.6 Å². The first-order valence-corrected chi connectivity index (χ1v) is 3.49. The summed E-state index contributed by atoms with van der Waals surface area (Å²) in [5.74, 6) is -0.598. The number of hydrogen-bond donors (Lipinski definition) is 3. The van der Waals surface area contributed by atoms with Crippen LogP contribution in [0.5, 0.6) is 0 Å². The second kappa shape index (κ2) is 4.05. The van der Waals surface area contributed by atoms with E-state index in [1.807, 2.05) is 0 Å². The number of rotatable bonds is 2. The molecule has 0 aliphatic rings. The largest absolute Gasteiger partial charge is 0.369 e. The van der Waals surface area contributed by atoms with Gasteiger partial charge in [-0.05, 0) is 12.1 Å². The maximum atomic E-state index is 11.2. The summed E-state index contributed by atoms with van der Waals surface area (Å²) in [7, 11) is 0. The summed E-state index contributed by atoms with van der Waals surface area (Å²) >= 11 is 0. The maximum absolute atomic E-state index is 11.2. The van der Waals surface area contributed by atoms with Gasteiger partial charge in [-0.1, -0.05) is 0 Å². The lowest BCUT2D eigenvalue weighted by molar-refractivity contribution is 0.0954. The number of hydrogen-bond acceptors (Lipinski definition) is 3. The third-order valence-corrected chi connectivity index (χ3v) is 1.21. The Kier molecular flexibility index (Phi) is 2.80. The number of carbonyl (C=O) groups excluding carboxylic acids is 1. The Labute approximate surface area is 74.6 Å². The molecule has 13 heavy (non-hydrogen) atoms. The van der Waals surface area contributed by atoms with Gasteiger partial charge in [0.25, 0.3) is 5.91 Å². The van der Waals surface area contributed by atoms with E-state index in [4.69, 9.17) is 11.5 Å². The monoisotopic (exact) mass is 179 g/mol. The molecule has 1 aromatic rings. The van der Waals surface area contributed by atoms with Gasteiger partial charge in [0, 0.05) is 12.4 Å². The zero-order valence-electron chi connectivity index (χ0n) is 6.77. The SMILES string of the molecule is NC(N)=NNC(=O)c1cccnc1. The number of nitrogens with two attached hydrogens (primary N) is 2. The van der Waals surface area contributed by atoms with Crippen molar-refractivity contribution in [3.8, 4) is 0 Å². The molecule has 1 amide bonds. The second-order valence-electron chi connectivity index (χ2n) is 2.22. The minimum absolute atomic E-state index is 0.197. The molecular weight excluding hydrogens is 170 g/mol. The first-order valence-electron chi connectivity index (χ1n) is 3.49. The highest BCUT2D eigenvalue weighted by Crippen LogP contribution is 1.94. The fourth-order valence-electron chi connectivity index (χ4n) is 0.677. The number of pyridine rings is 1. The Morgan fingerprint density at radius 2 is 2.31 bits per heavy atom. The molecule has 5 N–H and O–H groups in total. The lowest BCUT2D eigenvalue weighted by atomic mass is 10.3. The molecule has 68 valence electrons. The molecule has 0 saturated carbocycles. The molecule has 6 heteroatoms. The highest BCUT2D eigenvalue weighted by Gasteiger charge is 2.02. The maximum Gasteiger partial charge on any atom is 0.273 e. The van der Waals surface area contributed by atoms with Crippen LogP contribution in [0.1, 0.15) is 10.4 Å². The van der Waals surface area contributed by atoms with Crippen molar-refractivity contribution in [1.82, 2.24) is 10.4 Å². The summed E-state index contributed by atoms with van der Waals surface area (Å²) in [5, 5.41) is 3.35. The zero-order chi connectivity index (χ0) is 9.68. The van der Waals surface area contributed by atoms with Crippen LogP contribution >= 0.6 is 0 Å². The van der Waals surface area contributed by atoms with E-state index in [1.54, 1.807) is 18.3 Å². The molecule has 6 nitrogen and oxygen atoms in total. The zero-order valence-corrected chi connectivity index (χ0v) is 6.77. The van der Waals surface area contributed by atoms with Crippen LogP contribution < -0.4 is 16.9 Å². The molecule has 0 unspecified atom stereocenters. The Hall–Kier alpha value is -2.11. The minimum Gasteiger partial charge on any atom is -0.369 e. The highest BCUT2D eigenvalue weighted by molar-refractivity contribution is 5.94. The van der Waals surface area contributed by atoms with Crippen molar-refractivity contribution >= 4 is 11.9 Å². The third kappa shape index (κ3) is 2.78. The van der Waals surface area contributed by atoms with Crippen molar-refractivity contribution in [2.45, 2.75) is 0 Å². The predicted octanol–water partition coefficient (Wildman–Crippen LogP) is -1.00.